The number of nitrogens with zero attached hydrogens (tertiary/aromatic N) is 1. The molecule has 2 rings (SSSR count). The first-order valence-corrected chi connectivity index (χ1v) is 8.45. The van der Waals surface area contributed by atoms with Crippen LogP contribution in [-0.4, -0.2) is 43.4 Å². The predicted molar refractivity (Wildman–Crippen MR) is 93.7 cm³/mol. The summed E-state index contributed by atoms with van der Waals surface area (Å²) in [5.74, 6) is 0. The quantitative estimate of drug-likeness (QED) is 0.754. The normalized spacial score (nSPS) is 16.2. The number of nitrogens with one attached hydrogen (secondary N) is 2. The lowest BCUT2D eigenvalue weighted by Crippen LogP contribution is -2.49. The summed E-state index contributed by atoms with van der Waals surface area (Å²) in [6, 6.07) is 10.5. The van der Waals surface area contributed by atoms with E-state index >= 15 is 0 Å². The fourth-order valence-electron chi connectivity index (χ4n) is 2.87. The number of hydrogen-bond donors (Lipinski definition) is 3. The molecule has 0 aliphatic carbocycles. The van der Waals surface area contributed by atoms with Crippen LogP contribution in [0.3, 0.4) is 0 Å². The molecule has 1 aromatic rings. The van der Waals surface area contributed by atoms with E-state index in [1.165, 1.54) is 5.69 Å². The number of aliphatic hydroxyl groups is 1. The second-order valence-corrected chi connectivity index (χ2v) is 7.06. The average molecular weight is 319 g/mol. The van der Waals surface area contributed by atoms with Gasteiger partial charge in [0, 0.05) is 38.0 Å². The first-order chi connectivity index (χ1) is 11.0. The van der Waals surface area contributed by atoms with Crippen LogP contribution in [0.1, 0.15) is 33.1 Å². The number of benzene rings is 1. The molecule has 2 amide bonds. The molecule has 0 unspecified atom stereocenters. The van der Waals surface area contributed by atoms with Gasteiger partial charge in [0.2, 0.25) is 0 Å². The van der Waals surface area contributed by atoms with Gasteiger partial charge in [0.05, 0.1) is 0 Å². The van der Waals surface area contributed by atoms with E-state index in [9.17, 15) is 4.79 Å². The van der Waals surface area contributed by atoms with Crippen LogP contribution >= 0.6 is 0 Å². The molecule has 1 saturated heterocycles. The minimum atomic E-state index is -0.103. The number of hydrogen-bond acceptors (Lipinski definition) is 3. The second kappa shape index (κ2) is 8.20. The summed E-state index contributed by atoms with van der Waals surface area (Å²) in [4.78, 5) is 14.4. The smallest absolute Gasteiger partial charge is 0.315 e. The Morgan fingerprint density at radius 1 is 1.26 bits per heavy atom. The number of amides is 2. The highest BCUT2D eigenvalue weighted by atomic mass is 16.3. The van der Waals surface area contributed by atoms with Crippen molar-refractivity contribution < 1.29 is 9.90 Å². The van der Waals surface area contributed by atoms with Crippen molar-refractivity contribution in [1.29, 1.82) is 0 Å². The van der Waals surface area contributed by atoms with Crippen molar-refractivity contribution in [3.63, 3.8) is 0 Å². The van der Waals surface area contributed by atoms with E-state index < -0.39 is 0 Å². The molecule has 5 heteroatoms. The van der Waals surface area contributed by atoms with E-state index in [0.717, 1.165) is 25.9 Å². The van der Waals surface area contributed by atoms with Crippen molar-refractivity contribution in [2.75, 3.05) is 31.1 Å². The monoisotopic (exact) mass is 319 g/mol. The van der Waals surface area contributed by atoms with Crippen LogP contribution < -0.4 is 15.5 Å². The largest absolute Gasteiger partial charge is 0.396 e. The molecule has 128 valence electrons. The Morgan fingerprint density at radius 2 is 1.91 bits per heavy atom. The van der Waals surface area contributed by atoms with Gasteiger partial charge in [-0.2, -0.15) is 0 Å². The minimum Gasteiger partial charge on any atom is -0.396 e. The molecule has 1 aliphatic rings. The molecule has 0 saturated carbocycles. The van der Waals surface area contributed by atoms with Gasteiger partial charge in [-0.15, -0.1) is 0 Å². The van der Waals surface area contributed by atoms with Gasteiger partial charge in [0.25, 0.3) is 0 Å². The molecule has 5 nitrogen and oxygen atoms in total. The molecule has 0 aromatic heterocycles. The van der Waals surface area contributed by atoms with E-state index in [4.69, 9.17) is 5.11 Å². The number of anilines is 1. The fourth-order valence-corrected chi connectivity index (χ4v) is 2.87. The summed E-state index contributed by atoms with van der Waals surface area (Å²) >= 11 is 0. The summed E-state index contributed by atoms with van der Waals surface area (Å²) in [6.45, 7) is 6.73. The zero-order valence-electron chi connectivity index (χ0n) is 14.2. The Morgan fingerprint density at radius 3 is 2.52 bits per heavy atom. The molecule has 3 N–H and O–H groups in total. The molecule has 1 fully saturated rings. The Hall–Kier alpha value is -1.75. The zero-order valence-corrected chi connectivity index (χ0v) is 14.2. The summed E-state index contributed by atoms with van der Waals surface area (Å²) in [7, 11) is 0. The second-order valence-electron chi connectivity index (χ2n) is 7.06. The molecule has 0 spiro atoms. The lowest BCUT2D eigenvalue weighted by Gasteiger charge is -2.34. The summed E-state index contributed by atoms with van der Waals surface area (Å²) in [5, 5.41) is 15.0. The highest BCUT2D eigenvalue weighted by Gasteiger charge is 2.22. The highest BCUT2D eigenvalue weighted by molar-refractivity contribution is 5.74. The number of urea groups is 1. The highest BCUT2D eigenvalue weighted by Crippen LogP contribution is 2.20. The number of aliphatic hydroxyl groups excluding tert-OH is 1. The SMILES string of the molecule is CC(C)(CCO)CNC(=O)NC1CCN(c2ccccc2)CC1. The van der Waals surface area contributed by atoms with Crippen molar-refractivity contribution in [3.05, 3.63) is 30.3 Å². The van der Waals surface area contributed by atoms with Crippen LogP contribution in [0.4, 0.5) is 10.5 Å². The summed E-state index contributed by atoms with van der Waals surface area (Å²) in [6.07, 6.45) is 2.60. The standard InChI is InChI=1S/C18H29N3O2/c1-18(2,10-13-22)14-19-17(23)20-15-8-11-21(12-9-15)16-6-4-3-5-7-16/h3-7,15,22H,8-14H2,1-2H3,(H2,19,20,23). The molecular formula is C18H29N3O2. The maximum atomic E-state index is 12.0. The average Bonchev–Trinajstić information content (AvgIpc) is 2.55. The lowest BCUT2D eigenvalue weighted by atomic mass is 9.90. The molecule has 1 aliphatic heterocycles. The van der Waals surface area contributed by atoms with Gasteiger partial charge in [0.1, 0.15) is 0 Å². The summed E-state index contributed by atoms with van der Waals surface area (Å²) < 4.78 is 0. The number of rotatable bonds is 6. The van der Waals surface area contributed by atoms with Crippen molar-refractivity contribution in [2.45, 2.75) is 39.2 Å². The molecule has 1 aromatic carbocycles. The molecule has 0 bridgehead atoms. The van der Waals surface area contributed by atoms with Crippen LogP contribution in [0.25, 0.3) is 0 Å². The number of para-hydroxylation sites is 1. The van der Waals surface area contributed by atoms with Crippen molar-refractivity contribution in [2.24, 2.45) is 5.41 Å². The van der Waals surface area contributed by atoms with E-state index in [1.54, 1.807) is 0 Å². The Balaban J connectivity index is 1.71. The van der Waals surface area contributed by atoms with Gasteiger partial charge < -0.3 is 20.6 Å². The predicted octanol–water partition coefficient (Wildman–Crippen LogP) is 2.36. The lowest BCUT2D eigenvalue weighted by molar-refractivity contribution is 0.199. The third-order valence-electron chi connectivity index (χ3n) is 4.47. The zero-order chi connectivity index (χ0) is 16.7. The van der Waals surface area contributed by atoms with Crippen LogP contribution in [0.2, 0.25) is 0 Å². The Labute approximate surface area is 139 Å². The van der Waals surface area contributed by atoms with Gasteiger partial charge in [-0.05, 0) is 36.8 Å². The molecule has 0 atom stereocenters. The van der Waals surface area contributed by atoms with Crippen molar-refractivity contribution >= 4 is 11.7 Å². The molecule has 23 heavy (non-hydrogen) atoms. The number of carbonyl (C=O) groups excluding carboxylic acids is 1. The maximum absolute atomic E-state index is 12.0. The van der Waals surface area contributed by atoms with Crippen LogP contribution in [0.5, 0.6) is 0 Å². The minimum absolute atomic E-state index is 0.0806. The summed E-state index contributed by atoms with van der Waals surface area (Å²) in [5.41, 5.74) is 1.17. The van der Waals surface area contributed by atoms with E-state index in [2.05, 4.69) is 39.8 Å². The van der Waals surface area contributed by atoms with Gasteiger partial charge >= 0.3 is 6.03 Å². The van der Waals surface area contributed by atoms with Crippen LogP contribution in [0.15, 0.2) is 30.3 Å². The van der Waals surface area contributed by atoms with Gasteiger partial charge in [0.15, 0.2) is 0 Å². The third kappa shape index (κ3) is 5.75. The van der Waals surface area contributed by atoms with Gasteiger partial charge in [-0.1, -0.05) is 32.0 Å². The van der Waals surface area contributed by atoms with Gasteiger partial charge in [-0.3, -0.25) is 0 Å². The van der Waals surface area contributed by atoms with Gasteiger partial charge in [-0.25, -0.2) is 4.79 Å². The van der Waals surface area contributed by atoms with Crippen LogP contribution in [-0.2, 0) is 0 Å². The Kier molecular flexibility index (Phi) is 6.28. The van der Waals surface area contributed by atoms with Crippen molar-refractivity contribution in [3.8, 4) is 0 Å². The molecular weight excluding hydrogens is 290 g/mol. The first kappa shape index (κ1) is 17.6. The van der Waals surface area contributed by atoms with E-state index in [1.807, 2.05) is 19.9 Å². The van der Waals surface area contributed by atoms with E-state index in [0.29, 0.717) is 13.0 Å². The fraction of sp³-hybridized carbons (Fsp3) is 0.611. The first-order valence-electron chi connectivity index (χ1n) is 8.45. The molecule has 0 radical (unpaired) electrons. The van der Waals surface area contributed by atoms with E-state index in [-0.39, 0.29) is 24.1 Å². The molecule has 1 heterocycles. The number of carbonyl (C=O) groups is 1. The van der Waals surface area contributed by atoms with Crippen LogP contribution in [0, 0.1) is 5.41 Å². The van der Waals surface area contributed by atoms with Crippen molar-refractivity contribution in [1.82, 2.24) is 10.6 Å². The Bertz CT molecular complexity index is 482. The number of piperidine rings is 1. The topological polar surface area (TPSA) is 64.6 Å². The third-order valence-corrected chi connectivity index (χ3v) is 4.47. The maximum Gasteiger partial charge on any atom is 0.315 e.